The number of ether oxygens (including phenoxy) is 1. The molecule has 1 saturated carbocycles. The van der Waals surface area contributed by atoms with E-state index in [2.05, 4.69) is 11.9 Å². The number of hydrogen-bond acceptors (Lipinski definition) is 3. The third-order valence-corrected chi connectivity index (χ3v) is 4.35. The second kappa shape index (κ2) is 5.98. The topological polar surface area (TPSA) is 48.1 Å². The fourth-order valence-corrected chi connectivity index (χ4v) is 3.24. The number of thiocarbonyl (C=S) groups is 1. The van der Waals surface area contributed by atoms with Crippen LogP contribution in [0.3, 0.4) is 0 Å². The predicted octanol–water partition coefficient (Wildman–Crippen LogP) is 3.83. The molecule has 0 radical (unpaired) electrons. The number of aromatic nitrogens is 1. The summed E-state index contributed by atoms with van der Waals surface area (Å²) in [7, 11) is 0. The maximum Gasteiger partial charge on any atom is 0.214 e. The number of benzene rings is 1. The molecule has 1 aliphatic carbocycles. The highest BCUT2D eigenvalue weighted by molar-refractivity contribution is 7.80. The SMILES string of the molecule is CC1CCCC(Oc2cc(C(N)=S)c3ccccc3n2)C1. The summed E-state index contributed by atoms with van der Waals surface area (Å²) in [6.07, 6.45) is 4.96. The van der Waals surface area contributed by atoms with Gasteiger partial charge < -0.3 is 10.5 Å². The number of fused-ring (bicyclic) bond motifs is 1. The van der Waals surface area contributed by atoms with E-state index in [1.54, 1.807) is 0 Å². The minimum atomic E-state index is 0.251. The molecule has 1 fully saturated rings. The predicted molar refractivity (Wildman–Crippen MR) is 89.7 cm³/mol. The lowest BCUT2D eigenvalue weighted by Crippen LogP contribution is -2.24. The average Bonchev–Trinajstić information content (AvgIpc) is 2.46. The zero-order chi connectivity index (χ0) is 14.8. The summed E-state index contributed by atoms with van der Waals surface area (Å²) in [5.74, 6) is 1.36. The summed E-state index contributed by atoms with van der Waals surface area (Å²) < 4.78 is 6.10. The minimum Gasteiger partial charge on any atom is -0.474 e. The smallest absolute Gasteiger partial charge is 0.214 e. The lowest BCUT2D eigenvalue weighted by molar-refractivity contribution is 0.124. The summed E-state index contributed by atoms with van der Waals surface area (Å²) in [6.45, 7) is 2.28. The highest BCUT2D eigenvalue weighted by Crippen LogP contribution is 2.28. The summed E-state index contributed by atoms with van der Waals surface area (Å²) in [6, 6.07) is 9.76. The van der Waals surface area contributed by atoms with Gasteiger partial charge in [-0.25, -0.2) is 4.98 Å². The van der Waals surface area contributed by atoms with Gasteiger partial charge in [-0.05, 0) is 31.2 Å². The molecule has 3 rings (SSSR count). The van der Waals surface area contributed by atoms with Gasteiger partial charge >= 0.3 is 0 Å². The molecule has 21 heavy (non-hydrogen) atoms. The molecule has 0 saturated heterocycles. The van der Waals surface area contributed by atoms with Crippen LogP contribution in [0, 0.1) is 5.92 Å². The monoisotopic (exact) mass is 300 g/mol. The Balaban J connectivity index is 1.93. The first-order valence-corrected chi connectivity index (χ1v) is 7.90. The van der Waals surface area contributed by atoms with Crippen molar-refractivity contribution in [3.63, 3.8) is 0 Å². The van der Waals surface area contributed by atoms with Gasteiger partial charge in [-0.3, -0.25) is 0 Å². The minimum absolute atomic E-state index is 0.251. The summed E-state index contributed by atoms with van der Waals surface area (Å²) in [5, 5.41) is 0.981. The average molecular weight is 300 g/mol. The lowest BCUT2D eigenvalue weighted by Gasteiger charge is -2.27. The second-order valence-corrected chi connectivity index (χ2v) is 6.34. The molecule has 2 N–H and O–H groups in total. The van der Waals surface area contributed by atoms with Crippen molar-refractivity contribution < 1.29 is 4.74 Å². The van der Waals surface area contributed by atoms with Crippen LogP contribution in [-0.4, -0.2) is 16.1 Å². The molecule has 0 aliphatic heterocycles. The Morgan fingerprint density at radius 2 is 2.14 bits per heavy atom. The van der Waals surface area contributed by atoms with Crippen molar-refractivity contribution in [2.24, 2.45) is 11.7 Å². The molecule has 110 valence electrons. The molecule has 0 bridgehead atoms. The van der Waals surface area contributed by atoms with Gasteiger partial charge in [-0.2, -0.15) is 0 Å². The van der Waals surface area contributed by atoms with Crippen molar-refractivity contribution >= 4 is 28.1 Å². The Morgan fingerprint density at radius 1 is 1.33 bits per heavy atom. The van der Waals surface area contributed by atoms with Crippen LogP contribution in [0.2, 0.25) is 0 Å². The molecule has 3 nitrogen and oxygen atoms in total. The molecular formula is C17H20N2OS. The third kappa shape index (κ3) is 3.16. The van der Waals surface area contributed by atoms with Gasteiger partial charge in [0.15, 0.2) is 0 Å². The summed E-state index contributed by atoms with van der Waals surface area (Å²) >= 11 is 5.17. The molecule has 1 aromatic carbocycles. The number of pyridine rings is 1. The number of hydrogen-bond donors (Lipinski definition) is 1. The van der Waals surface area contributed by atoms with E-state index in [-0.39, 0.29) is 6.10 Å². The molecule has 1 aliphatic rings. The van der Waals surface area contributed by atoms with E-state index in [9.17, 15) is 0 Å². The van der Waals surface area contributed by atoms with E-state index in [1.165, 1.54) is 12.8 Å². The van der Waals surface area contributed by atoms with Crippen molar-refractivity contribution in [3.8, 4) is 5.88 Å². The van der Waals surface area contributed by atoms with Gasteiger partial charge in [-0.15, -0.1) is 0 Å². The van der Waals surface area contributed by atoms with Crippen LogP contribution in [0.4, 0.5) is 0 Å². The Hall–Kier alpha value is -1.68. The molecular weight excluding hydrogens is 280 g/mol. The summed E-state index contributed by atoms with van der Waals surface area (Å²) in [5.41, 5.74) is 7.57. The van der Waals surface area contributed by atoms with Crippen LogP contribution < -0.4 is 10.5 Å². The van der Waals surface area contributed by atoms with E-state index in [4.69, 9.17) is 22.7 Å². The maximum atomic E-state index is 6.10. The van der Waals surface area contributed by atoms with Crippen LogP contribution in [0.15, 0.2) is 30.3 Å². The Labute approximate surface area is 130 Å². The van der Waals surface area contributed by atoms with Crippen molar-refractivity contribution in [1.29, 1.82) is 0 Å². The van der Waals surface area contributed by atoms with E-state index in [1.807, 2.05) is 30.3 Å². The van der Waals surface area contributed by atoms with Crippen molar-refractivity contribution in [2.45, 2.75) is 38.7 Å². The zero-order valence-corrected chi connectivity index (χ0v) is 13.0. The molecule has 2 aromatic rings. The highest BCUT2D eigenvalue weighted by atomic mass is 32.1. The Bertz CT molecular complexity index is 671. The largest absolute Gasteiger partial charge is 0.474 e. The number of nitrogens with zero attached hydrogens (tertiary/aromatic N) is 1. The second-order valence-electron chi connectivity index (χ2n) is 5.90. The van der Waals surface area contributed by atoms with Gasteiger partial charge in [0.1, 0.15) is 11.1 Å². The molecule has 0 spiro atoms. The first-order chi connectivity index (χ1) is 10.1. The van der Waals surface area contributed by atoms with E-state index < -0.39 is 0 Å². The van der Waals surface area contributed by atoms with Gasteiger partial charge in [0.25, 0.3) is 0 Å². The molecule has 2 unspecified atom stereocenters. The molecule has 0 amide bonds. The summed E-state index contributed by atoms with van der Waals surface area (Å²) in [4.78, 5) is 4.98. The number of para-hydroxylation sites is 1. The Morgan fingerprint density at radius 3 is 2.90 bits per heavy atom. The van der Waals surface area contributed by atoms with Crippen molar-refractivity contribution in [3.05, 3.63) is 35.9 Å². The molecule has 4 heteroatoms. The van der Waals surface area contributed by atoms with Crippen molar-refractivity contribution in [1.82, 2.24) is 4.98 Å². The molecule has 1 heterocycles. The third-order valence-electron chi connectivity index (χ3n) is 4.13. The molecule has 1 aromatic heterocycles. The zero-order valence-electron chi connectivity index (χ0n) is 12.2. The fraction of sp³-hybridized carbons (Fsp3) is 0.412. The van der Waals surface area contributed by atoms with Gasteiger partial charge in [0.2, 0.25) is 5.88 Å². The van der Waals surface area contributed by atoms with E-state index in [0.29, 0.717) is 10.9 Å². The normalized spacial score (nSPS) is 22.1. The maximum absolute atomic E-state index is 6.10. The van der Waals surface area contributed by atoms with E-state index in [0.717, 1.165) is 35.2 Å². The van der Waals surface area contributed by atoms with Crippen LogP contribution in [0.5, 0.6) is 5.88 Å². The van der Waals surface area contributed by atoms with E-state index >= 15 is 0 Å². The standard InChI is InChI=1S/C17H20N2OS/c1-11-5-4-6-12(9-11)20-16-10-14(17(18)21)13-7-2-3-8-15(13)19-16/h2-3,7-8,10-12H,4-6,9H2,1H3,(H2,18,21). The van der Waals surface area contributed by atoms with Crippen LogP contribution in [0.1, 0.15) is 38.2 Å². The highest BCUT2D eigenvalue weighted by Gasteiger charge is 2.21. The number of rotatable bonds is 3. The Kier molecular flexibility index (Phi) is 4.06. The first-order valence-electron chi connectivity index (χ1n) is 7.49. The quantitative estimate of drug-likeness (QED) is 0.875. The van der Waals surface area contributed by atoms with Gasteiger partial charge in [-0.1, -0.05) is 43.8 Å². The van der Waals surface area contributed by atoms with Crippen LogP contribution in [0.25, 0.3) is 10.9 Å². The fourth-order valence-electron chi connectivity index (χ4n) is 3.07. The van der Waals surface area contributed by atoms with Gasteiger partial charge in [0.05, 0.1) is 5.52 Å². The lowest BCUT2D eigenvalue weighted by atomic mass is 9.89. The first kappa shape index (κ1) is 14.3. The van der Waals surface area contributed by atoms with Crippen LogP contribution >= 0.6 is 12.2 Å². The molecule has 2 atom stereocenters. The number of nitrogens with two attached hydrogens (primary N) is 1. The van der Waals surface area contributed by atoms with Crippen LogP contribution in [-0.2, 0) is 0 Å². The van der Waals surface area contributed by atoms with Crippen molar-refractivity contribution in [2.75, 3.05) is 0 Å². The van der Waals surface area contributed by atoms with Gasteiger partial charge in [0, 0.05) is 17.0 Å².